The van der Waals surface area contributed by atoms with Crippen molar-refractivity contribution >= 4 is 11.9 Å². The van der Waals surface area contributed by atoms with Crippen LogP contribution in [-0.2, 0) is 9.59 Å². The van der Waals surface area contributed by atoms with Gasteiger partial charge in [0.2, 0.25) is 5.91 Å². The van der Waals surface area contributed by atoms with Crippen LogP contribution in [0.5, 0.6) is 0 Å². The third-order valence-corrected chi connectivity index (χ3v) is 2.35. The molecule has 1 N–H and O–H groups in total. The summed E-state index contributed by atoms with van der Waals surface area (Å²) in [6, 6.07) is 0. The van der Waals surface area contributed by atoms with E-state index < -0.39 is 5.97 Å². The summed E-state index contributed by atoms with van der Waals surface area (Å²) in [6.45, 7) is 2.95. The molecule has 0 aliphatic carbocycles. The minimum atomic E-state index is -0.785. The van der Waals surface area contributed by atoms with Crippen LogP contribution in [0, 0.1) is 5.92 Å². The van der Waals surface area contributed by atoms with Crippen molar-refractivity contribution in [2.45, 2.75) is 26.2 Å². The van der Waals surface area contributed by atoms with E-state index >= 15 is 0 Å². The maximum atomic E-state index is 11.3. The summed E-state index contributed by atoms with van der Waals surface area (Å²) in [7, 11) is 0. The van der Waals surface area contributed by atoms with Crippen molar-refractivity contribution in [3.8, 4) is 0 Å². The Balaban J connectivity index is 2.40. The lowest BCUT2D eigenvalue weighted by Crippen LogP contribution is -2.29. The molecule has 1 atom stereocenters. The SMILES string of the molecule is CCCC(=O)N1CC[C@H](C(=O)O)C1. The minimum Gasteiger partial charge on any atom is -0.481 e. The lowest BCUT2D eigenvalue weighted by Gasteiger charge is -2.14. The first kappa shape index (κ1) is 10.0. The summed E-state index contributed by atoms with van der Waals surface area (Å²) >= 11 is 0. The van der Waals surface area contributed by atoms with E-state index in [1.165, 1.54) is 0 Å². The van der Waals surface area contributed by atoms with Gasteiger partial charge in [-0.2, -0.15) is 0 Å². The Kier molecular flexibility index (Phi) is 3.28. The number of carboxylic acid groups (broad SMARTS) is 1. The molecular weight excluding hydrogens is 170 g/mol. The van der Waals surface area contributed by atoms with Crippen molar-refractivity contribution < 1.29 is 14.7 Å². The Morgan fingerprint density at radius 1 is 1.54 bits per heavy atom. The number of likely N-dealkylation sites (tertiary alicyclic amines) is 1. The Labute approximate surface area is 77.5 Å². The Bertz CT molecular complexity index is 215. The van der Waals surface area contributed by atoms with E-state index in [0.717, 1.165) is 6.42 Å². The molecule has 4 nitrogen and oxygen atoms in total. The molecule has 0 aromatic heterocycles. The largest absolute Gasteiger partial charge is 0.481 e. The molecule has 13 heavy (non-hydrogen) atoms. The quantitative estimate of drug-likeness (QED) is 0.704. The van der Waals surface area contributed by atoms with Gasteiger partial charge in [-0.05, 0) is 12.8 Å². The first-order valence-corrected chi connectivity index (χ1v) is 4.65. The second-order valence-electron chi connectivity index (χ2n) is 3.41. The molecule has 0 radical (unpaired) electrons. The van der Waals surface area contributed by atoms with Crippen LogP contribution in [0.4, 0.5) is 0 Å². The molecule has 1 aliphatic rings. The molecule has 1 rings (SSSR count). The zero-order valence-electron chi connectivity index (χ0n) is 7.82. The number of rotatable bonds is 3. The van der Waals surface area contributed by atoms with Crippen molar-refractivity contribution in [2.75, 3.05) is 13.1 Å². The number of hydrogen-bond donors (Lipinski definition) is 1. The maximum absolute atomic E-state index is 11.3. The van der Waals surface area contributed by atoms with E-state index in [-0.39, 0.29) is 11.8 Å². The van der Waals surface area contributed by atoms with Gasteiger partial charge in [-0.25, -0.2) is 0 Å². The molecule has 1 saturated heterocycles. The number of hydrogen-bond acceptors (Lipinski definition) is 2. The van der Waals surface area contributed by atoms with E-state index in [9.17, 15) is 9.59 Å². The molecule has 1 fully saturated rings. The average Bonchev–Trinajstić information content (AvgIpc) is 2.52. The summed E-state index contributed by atoms with van der Waals surface area (Å²) < 4.78 is 0. The predicted octanol–water partition coefficient (Wildman–Crippen LogP) is 0.720. The lowest BCUT2D eigenvalue weighted by atomic mass is 10.1. The van der Waals surface area contributed by atoms with E-state index in [0.29, 0.717) is 25.9 Å². The van der Waals surface area contributed by atoms with Gasteiger partial charge in [-0.15, -0.1) is 0 Å². The standard InChI is InChI=1S/C9H15NO3/c1-2-3-8(11)10-5-4-7(6-10)9(12)13/h7H,2-6H2,1H3,(H,12,13)/t7-/m0/s1. The highest BCUT2D eigenvalue weighted by Crippen LogP contribution is 2.17. The molecule has 4 heteroatoms. The Morgan fingerprint density at radius 3 is 2.69 bits per heavy atom. The summed E-state index contributed by atoms with van der Waals surface area (Å²) in [6.07, 6.45) is 1.96. The Morgan fingerprint density at radius 2 is 2.23 bits per heavy atom. The lowest BCUT2D eigenvalue weighted by molar-refractivity contribution is -0.141. The van der Waals surface area contributed by atoms with Gasteiger partial charge < -0.3 is 10.0 Å². The second-order valence-corrected chi connectivity index (χ2v) is 3.41. The summed E-state index contributed by atoms with van der Waals surface area (Å²) in [4.78, 5) is 23.6. The molecule has 1 heterocycles. The second kappa shape index (κ2) is 4.25. The molecule has 0 aromatic rings. The number of carbonyl (C=O) groups is 2. The fraction of sp³-hybridized carbons (Fsp3) is 0.778. The summed E-state index contributed by atoms with van der Waals surface area (Å²) in [5.41, 5.74) is 0. The highest BCUT2D eigenvalue weighted by Gasteiger charge is 2.29. The van der Waals surface area contributed by atoms with Crippen LogP contribution < -0.4 is 0 Å². The molecule has 0 spiro atoms. The van der Waals surface area contributed by atoms with E-state index in [1.807, 2.05) is 6.92 Å². The van der Waals surface area contributed by atoms with Crippen LogP contribution in [0.25, 0.3) is 0 Å². The van der Waals surface area contributed by atoms with E-state index in [4.69, 9.17) is 5.11 Å². The van der Waals surface area contributed by atoms with Crippen LogP contribution in [0.3, 0.4) is 0 Å². The number of nitrogens with zero attached hydrogens (tertiary/aromatic N) is 1. The molecule has 0 unspecified atom stereocenters. The number of carboxylic acids is 1. The first-order chi connectivity index (χ1) is 6.15. The topological polar surface area (TPSA) is 57.6 Å². The van der Waals surface area contributed by atoms with Crippen molar-refractivity contribution in [2.24, 2.45) is 5.92 Å². The molecule has 0 aromatic carbocycles. The zero-order valence-corrected chi connectivity index (χ0v) is 7.82. The zero-order chi connectivity index (χ0) is 9.84. The molecule has 0 saturated carbocycles. The van der Waals surface area contributed by atoms with Gasteiger partial charge in [0.15, 0.2) is 0 Å². The maximum Gasteiger partial charge on any atom is 0.308 e. The molecular formula is C9H15NO3. The smallest absolute Gasteiger partial charge is 0.308 e. The van der Waals surface area contributed by atoms with E-state index in [1.54, 1.807) is 4.90 Å². The van der Waals surface area contributed by atoms with Crippen molar-refractivity contribution in [1.82, 2.24) is 4.90 Å². The van der Waals surface area contributed by atoms with Crippen LogP contribution in [0.1, 0.15) is 26.2 Å². The summed E-state index contributed by atoms with van der Waals surface area (Å²) in [5.74, 6) is -1.04. The third kappa shape index (κ3) is 2.44. The Hall–Kier alpha value is -1.06. The minimum absolute atomic E-state index is 0.0891. The molecule has 1 aliphatic heterocycles. The van der Waals surface area contributed by atoms with Crippen LogP contribution in [0.2, 0.25) is 0 Å². The van der Waals surface area contributed by atoms with Crippen molar-refractivity contribution in [3.05, 3.63) is 0 Å². The van der Waals surface area contributed by atoms with Crippen LogP contribution in [0.15, 0.2) is 0 Å². The van der Waals surface area contributed by atoms with Gasteiger partial charge in [0.25, 0.3) is 0 Å². The van der Waals surface area contributed by atoms with Gasteiger partial charge in [-0.3, -0.25) is 9.59 Å². The third-order valence-electron chi connectivity index (χ3n) is 2.35. The van der Waals surface area contributed by atoms with Crippen LogP contribution in [-0.4, -0.2) is 35.0 Å². The number of amides is 1. The van der Waals surface area contributed by atoms with Crippen LogP contribution >= 0.6 is 0 Å². The van der Waals surface area contributed by atoms with Gasteiger partial charge >= 0.3 is 5.97 Å². The summed E-state index contributed by atoms with van der Waals surface area (Å²) in [5, 5.41) is 8.70. The first-order valence-electron chi connectivity index (χ1n) is 4.65. The number of carbonyl (C=O) groups excluding carboxylic acids is 1. The van der Waals surface area contributed by atoms with Gasteiger partial charge in [0.05, 0.1) is 5.92 Å². The monoisotopic (exact) mass is 185 g/mol. The highest BCUT2D eigenvalue weighted by molar-refractivity contribution is 5.78. The number of aliphatic carboxylic acids is 1. The normalized spacial score (nSPS) is 21.9. The van der Waals surface area contributed by atoms with Gasteiger partial charge in [0, 0.05) is 19.5 Å². The molecule has 1 amide bonds. The van der Waals surface area contributed by atoms with Gasteiger partial charge in [0.1, 0.15) is 0 Å². The highest BCUT2D eigenvalue weighted by atomic mass is 16.4. The fourth-order valence-corrected chi connectivity index (χ4v) is 1.56. The fourth-order valence-electron chi connectivity index (χ4n) is 1.56. The molecule has 74 valence electrons. The predicted molar refractivity (Wildman–Crippen MR) is 47.2 cm³/mol. The average molecular weight is 185 g/mol. The van der Waals surface area contributed by atoms with E-state index in [2.05, 4.69) is 0 Å². The van der Waals surface area contributed by atoms with Crippen molar-refractivity contribution in [3.63, 3.8) is 0 Å². The molecule has 0 bridgehead atoms. The van der Waals surface area contributed by atoms with Gasteiger partial charge in [-0.1, -0.05) is 6.92 Å². The van der Waals surface area contributed by atoms with Crippen molar-refractivity contribution in [1.29, 1.82) is 0 Å².